The second kappa shape index (κ2) is 3.87. The standard InChI is InChI=1S/C12H14FN3/c13-9-3-1-2-8(4-9)5-12-15-10-6-14-7-11(10)16-12/h1-4,10-11,14H,5-7H2,(H,15,16). The van der Waals surface area contributed by atoms with E-state index in [0.29, 0.717) is 18.5 Å². The molecule has 0 amide bonds. The van der Waals surface area contributed by atoms with Gasteiger partial charge >= 0.3 is 0 Å². The van der Waals surface area contributed by atoms with Crippen molar-refractivity contribution in [2.75, 3.05) is 13.1 Å². The lowest BCUT2D eigenvalue weighted by molar-refractivity contribution is 0.626. The van der Waals surface area contributed by atoms with E-state index in [4.69, 9.17) is 0 Å². The van der Waals surface area contributed by atoms with Crippen molar-refractivity contribution in [3.05, 3.63) is 35.6 Å². The maximum atomic E-state index is 13.0. The van der Waals surface area contributed by atoms with Gasteiger partial charge in [0.25, 0.3) is 0 Å². The van der Waals surface area contributed by atoms with Crippen LogP contribution < -0.4 is 10.6 Å². The maximum absolute atomic E-state index is 13.0. The third-order valence-corrected chi connectivity index (χ3v) is 3.12. The fourth-order valence-electron chi connectivity index (χ4n) is 2.34. The number of hydrogen-bond donors (Lipinski definition) is 2. The van der Waals surface area contributed by atoms with Crippen LogP contribution in [0.3, 0.4) is 0 Å². The maximum Gasteiger partial charge on any atom is 0.123 e. The molecule has 16 heavy (non-hydrogen) atoms. The van der Waals surface area contributed by atoms with Crippen LogP contribution in [0, 0.1) is 5.82 Å². The van der Waals surface area contributed by atoms with Crippen molar-refractivity contribution in [1.82, 2.24) is 10.6 Å². The Morgan fingerprint density at radius 3 is 3.12 bits per heavy atom. The van der Waals surface area contributed by atoms with Gasteiger partial charge < -0.3 is 10.6 Å². The first kappa shape index (κ1) is 9.78. The normalized spacial score (nSPS) is 27.4. The summed E-state index contributed by atoms with van der Waals surface area (Å²) in [7, 11) is 0. The van der Waals surface area contributed by atoms with E-state index in [2.05, 4.69) is 15.6 Å². The molecule has 1 saturated heterocycles. The van der Waals surface area contributed by atoms with Gasteiger partial charge in [0.15, 0.2) is 0 Å². The van der Waals surface area contributed by atoms with E-state index in [9.17, 15) is 4.39 Å². The van der Waals surface area contributed by atoms with Gasteiger partial charge in [-0.05, 0) is 17.7 Å². The molecule has 2 N–H and O–H groups in total. The van der Waals surface area contributed by atoms with E-state index in [1.165, 1.54) is 6.07 Å². The number of halogens is 1. The molecule has 0 saturated carbocycles. The summed E-state index contributed by atoms with van der Waals surface area (Å²) in [5.74, 6) is 0.806. The third-order valence-electron chi connectivity index (χ3n) is 3.12. The van der Waals surface area contributed by atoms with Gasteiger partial charge in [-0.25, -0.2) is 4.39 Å². The van der Waals surface area contributed by atoms with Gasteiger partial charge in [0.1, 0.15) is 11.7 Å². The molecule has 0 bridgehead atoms. The zero-order chi connectivity index (χ0) is 11.0. The number of nitrogens with one attached hydrogen (secondary N) is 2. The number of amidine groups is 1. The van der Waals surface area contributed by atoms with Crippen LogP contribution in [0.4, 0.5) is 4.39 Å². The van der Waals surface area contributed by atoms with E-state index in [0.717, 1.165) is 24.5 Å². The second-order valence-corrected chi connectivity index (χ2v) is 4.36. The Hall–Kier alpha value is -1.42. The Morgan fingerprint density at radius 1 is 1.38 bits per heavy atom. The smallest absolute Gasteiger partial charge is 0.123 e. The van der Waals surface area contributed by atoms with Crippen molar-refractivity contribution in [2.24, 2.45) is 4.99 Å². The largest absolute Gasteiger partial charge is 0.367 e. The monoisotopic (exact) mass is 219 g/mol. The van der Waals surface area contributed by atoms with Crippen LogP contribution in [0.1, 0.15) is 5.56 Å². The Labute approximate surface area is 93.8 Å². The average molecular weight is 219 g/mol. The van der Waals surface area contributed by atoms with E-state index in [-0.39, 0.29) is 5.82 Å². The summed E-state index contributed by atoms with van der Waals surface area (Å²) >= 11 is 0. The fraction of sp³-hybridized carbons (Fsp3) is 0.417. The highest BCUT2D eigenvalue weighted by Gasteiger charge is 2.32. The number of fused-ring (bicyclic) bond motifs is 1. The van der Waals surface area contributed by atoms with E-state index >= 15 is 0 Å². The Balaban J connectivity index is 1.72. The summed E-state index contributed by atoms with van der Waals surface area (Å²) in [6, 6.07) is 7.50. The van der Waals surface area contributed by atoms with Crippen molar-refractivity contribution in [3.63, 3.8) is 0 Å². The van der Waals surface area contributed by atoms with E-state index in [1.54, 1.807) is 12.1 Å². The lowest BCUT2D eigenvalue weighted by Gasteiger charge is -2.08. The summed E-state index contributed by atoms with van der Waals surface area (Å²) in [6.07, 6.45) is 0.699. The highest BCUT2D eigenvalue weighted by Crippen LogP contribution is 2.14. The zero-order valence-corrected chi connectivity index (χ0v) is 8.91. The predicted molar refractivity (Wildman–Crippen MR) is 61.1 cm³/mol. The first-order chi connectivity index (χ1) is 7.81. The summed E-state index contributed by atoms with van der Waals surface area (Å²) in [6.45, 7) is 1.92. The third kappa shape index (κ3) is 1.80. The van der Waals surface area contributed by atoms with Crippen molar-refractivity contribution in [2.45, 2.75) is 18.5 Å². The summed E-state index contributed by atoms with van der Waals surface area (Å²) < 4.78 is 13.0. The van der Waals surface area contributed by atoms with Crippen LogP contribution in [-0.2, 0) is 6.42 Å². The van der Waals surface area contributed by atoms with Crippen LogP contribution in [-0.4, -0.2) is 31.0 Å². The molecular weight excluding hydrogens is 205 g/mol. The highest BCUT2D eigenvalue weighted by molar-refractivity contribution is 5.86. The molecule has 1 aromatic carbocycles. The molecule has 2 unspecified atom stereocenters. The molecule has 1 fully saturated rings. The van der Waals surface area contributed by atoms with Gasteiger partial charge in [0, 0.05) is 19.5 Å². The molecule has 0 aliphatic carbocycles. The van der Waals surface area contributed by atoms with Gasteiger partial charge in [-0.15, -0.1) is 0 Å². The fourth-order valence-corrected chi connectivity index (χ4v) is 2.34. The molecule has 2 atom stereocenters. The molecule has 0 radical (unpaired) electrons. The van der Waals surface area contributed by atoms with Crippen molar-refractivity contribution in [1.29, 1.82) is 0 Å². The van der Waals surface area contributed by atoms with Crippen LogP contribution in [0.5, 0.6) is 0 Å². The topological polar surface area (TPSA) is 36.4 Å². The van der Waals surface area contributed by atoms with Gasteiger partial charge in [-0.2, -0.15) is 0 Å². The predicted octanol–water partition coefficient (Wildman–Crippen LogP) is 0.710. The molecule has 1 aromatic rings. The van der Waals surface area contributed by atoms with Gasteiger partial charge in [-0.1, -0.05) is 12.1 Å². The minimum atomic E-state index is -0.182. The first-order valence-corrected chi connectivity index (χ1v) is 5.59. The number of aliphatic imine (C=N–C) groups is 1. The number of nitrogens with zero attached hydrogens (tertiary/aromatic N) is 1. The zero-order valence-electron chi connectivity index (χ0n) is 8.91. The van der Waals surface area contributed by atoms with Crippen LogP contribution in [0.25, 0.3) is 0 Å². The molecule has 0 aromatic heterocycles. The quantitative estimate of drug-likeness (QED) is 0.768. The van der Waals surface area contributed by atoms with E-state index < -0.39 is 0 Å². The number of benzene rings is 1. The van der Waals surface area contributed by atoms with E-state index in [1.807, 2.05) is 6.07 Å². The van der Waals surface area contributed by atoms with Crippen molar-refractivity contribution in [3.8, 4) is 0 Å². The molecule has 2 aliphatic heterocycles. The molecule has 3 nitrogen and oxygen atoms in total. The molecule has 84 valence electrons. The second-order valence-electron chi connectivity index (χ2n) is 4.36. The van der Waals surface area contributed by atoms with Crippen LogP contribution in [0.2, 0.25) is 0 Å². The lowest BCUT2D eigenvalue weighted by Crippen LogP contribution is -2.35. The van der Waals surface area contributed by atoms with Crippen LogP contribution >= 0.6 is 0 Å². The van der Waals surface area contributed by atoms with Gasteiger partial charge in [0.2, 0.25) is 0 Å². The van der Waals surface area contributed by atoms with Gasteiger partial charge in [-0.3, -0.25) is 4.99 Å². The van der Waals surface area contributed by atoms with Gasteiger partial charge in [0.05, 0.1) is 12.1 Å². The summed E-state index contributed by atoms with van der Waals surface area (Å²) in [4.78, 5) is 4.60. The molecule has 0 spiro atoms. The first-order valence-electron chi connectivity index (χ1n) is 5.59. The Kier molecular flexibility index (Phi) is 2.36. The summed E-state index contributed by atoms with van der Waals surface area (Å²) in [5, 5.41) is 6.67. The Bertz CT molecular complexity index is 430. The SMILES string of the molecule is Fc1cccc(CC2=NC3CNCC3N2)c1. The highest BCUT2D eigenvalue weighted by atomic mass is 19.1. The number of rotatable bonds is 2. The molecule has 3 rings (SSSR count). The lowest BCUT2D eigenvalue weighted by atomic mass is 10.1. The molecule has 2 aliphatic rings. The molecule has 2 heterocycles. The Morgan fingerprint density at radius 2 is 2.31 bits per heavy atom. The van der Waals surface area contributed by atoms with Crippen LogP contribution in [0.15, 0.2) is 29.3 Å². The molecular formula is C12H14FN3. The van der Waals surface area contributed by atoms with Crippen molar-refractivity contribution >= 4 is 5.84 Å². The minimum Gasteiger partial charge on any atom is -0.367 e. The number of hydrogen-bond acceptors (Lipinski definition) is 3. The summed E-state index contributed by atoms with van der Waals surface area (Å²) in [5.41, 5.74) is 0.971. The minimum absolute atomic E-state index is 0.182. The molecule has 4 heteroatoms. The average Bonchev–Trinajstić information content (AvgIpc) is 2.77. The van der Waals surface area contributed by atoms with Crippen molar-refractivity contribution < 1.29 is 4.39 Å².